The van der Waals surface area contributed by atoms with E-state index in [1.807, 2.05) is 13.0 Å². The lowest BCUT2D eigenvalue weighted by molar-refractivity contribution is 0.296. The molecule has 6 nitrogen and oxygen atoms in total. The first-order valence-electron chi connectivity index (χ1n) is 7.55. The largest absolute Gasteiger partial charge is 0.494 e. The van der Waals surface area contributed by atoms with Gasteiger partial charge in [-0.1, -0.05) is 12.2 Å². The first kappa shape index (κ1) is 20.2. The van der Waals surface area contributed by atoms with Crippen molar-refractivity contribution in [1.82, 2.24) is 0 Å². The number of hydrogen-bond donors (Lipinski definition) is 2. The number of ether oxygens (including phenoxy) is 1. The third kappa shape index (κ3) is 6.74. The molecular weight excluding hydrogens is 330 g/mol. The van der Waals surface area contributed by atoms with Gasteiger partial charge in [0, 0.05) is 11.3 Å². The molecule has 0 spiro atoms. The first-order chi connectivity index (χ1) is 11.1. The van der Waals surface area contributed by atoms with Crippen LogP contribution in [0.3, 0.4) is 0 Å². The number of hydrogen-bond acceptors (Lipinski definition) is 5. The quantitative estimate of drug-likeness (QED) is 0.619. The van der Waals surface area contributed by atoms with Crippen molar-refractivity contribution in [2.45, 2.75) is 33.2 Å². The highest BCUT2D eigenvalue weighted by Gasteiger charge is 2.22. The number of allylic oxidation sites excluding steroid dienone is 1. The highest BCUT2D eigenvalue weighted by molar-refractivity contribution is 7.80. The fraction of sp³-hybridized carbons (Fsp3) is 0.412. The van der Waals surface area contributed by atoms with Crippen molar-refractivity contribution < 1.29 is 21.9 Å². The fourth-order valence-electron chi connectivity index (χ4n) is 2.35. The molecule has 1 aromatic carbocycles. The van der Waals surface area contributed by atoms with Crippen molar-refractivity contribution in [3.63, 3.8) is 0 Å². The van der Waals surface area contributed by atoms with Gasteiger partial charge >= 0.3 is 10.4 Å². The maximum absolute atomic E-state index is 9.68. The highest BCUT2D eigenvalue weighted by Crippen LogP contribution is 2.35. The van der Waals surface area contributed by atoms with E-state index < -0.39 is 10.4 Å². The molecule has 1 heterocycles. The normalized spacial score (nSPS) is 15.1. The molecule has 0 radical (unpaired) electrons. The molecule has 0 unspecified atom stereocenters. The van der Waals surface area contributed by atoms with Gasteiger partial charge in [-0.15, -0.1) is 6.58 Å². The van der Waals surface area contributed by atoms with Gasteiger partial charge in [0.15, 0.2) is 0 Å². The Bertz CT molecular complexity index is 708. The van der Waals surface area contributed by atoms with E-state index in [2.05, 4.69) is 55.1 Å². The highest BCUT2D eigenvalue weighted by atomic mass is 32.3. The van der Waals surface area contributed by atoms with Crippen LogP contribution in [0.2, 0.25) is 0 Å². The molecule has 1 aromatic rings. The summed E-state index contributed by atoms with van der Waals surface area (Å²) >= 11 is 0. The molecule has 0 saturated carbocycles. The maximum Gasteiger partial charge on any atom is 0.397 e. The van der Waals surface area contributed by atoms with Gasteiger partial charge in [-0.2, -0.15) is 8.42 Å². The monoisotopic (exact) mass is 355 g/mol. The van der Waals surface area contributed by atoms with Crippen LogP contribution in [0.15, 0.2) is 36.9 Å². The van der Waals surface area contributed by atoms with E-state index in [0.29, 0.717) is 6.61 Å². The molecule has 2 rings (SSSR count). The van der Waals surface area contributed by atoms with Crippen molar-refractivity contribution in [1.29, 1.82) is 0 Å². The summed E-state index contributed by atoms with van der Waals surface area (Å²) in [5.74, 6) is 0.940. The van der Waals surface area contributed by atoms with E-state index in [-0.39, 0.29) is 12.1 Å². The van der Waals surface area contributed by atoms with Gasteiger partial charge in [0.1, 0.15) is 5.75 Å². The summed E-state index contributed by atoms with van der Waals surface area (Å²) in [5, 5.41) is 3.50. The van der Waals surface area contributed by atoms with E-state index in [1.54, 1.807) is 0 Å². The number of fused-ring (bicyclic) bond motifs is 1. The predicted octanol–water partition coefficient (Wildman–Crippen LogP) is 3.68. The van der Waals surface area contributed by atoms with Gasteiger partial charge in [-0.25, -0.2) is 4.18 Å². The van der Waals surface area contributed by atoms with Crippen LogP contribution in [0.4, 0.5) is 5.69 Å². The standard InChI is InChI=1S/C14H19NO.C3H6O4S/c1-5-16-11-6-7-13-12(8-11)10(2)9-14(3,4)15-13;1-2-3-7-8(4,5)6/h6-9,15H,5H2,1-4H3;2H,1,3H2,(H,4,5,6). The van der Waals surface area contributed by atoms with Crippen LogP contribution >= 0.6 is 0 Å². The fourth-order valence-corrected chi connectivity index (χ4v) is 2.62. The van der Waals surface area contributed by atoms with E-state index >= 15 is 0 Å². The lowest BCUT2D eigenvalue weighted by Crippen LogP contribution is -2.31. The molecule has 7 heteroatoms. The molecule has 0 bridgehead atoms. The summed E-state index contributed by atoms with van der Waals surface area (Å²) in [7, 11) is -4.26. The van der Waals surface area contributed by atoms with Crippen molar-refractivity contribution in [3.8, 4) is 5.75 Å². The molecule has 1 aliphatic rings. The summed E-state index contributed by atoms with van der Waals surface area (Å²) in [6, 6.07) is 6.22. The molecule has 0 amide bonds. The average Bonchev–Trinajstić information content (AvgIpc) is 2.45. The number of benzene rings is 1. The van der Waals surface area contributed by atoms with Crippen molar-refractivity contribution in [3.05, 3.63) is 42.5 Å². The Morgan fingerprint density at radius 3 is 2.54 bits per heavy atom. The zero-order valence-electron chi connectivity index (χ0n) is 14.5. The second-order valence-electron chi connectivity index (χ2n) is 5.82. The van der Waals surface area contributed by atoms with Gasteiger partial charge in [0.05, 0.1) is 18.8 Å². The van der Waals surface area contributed by atoms with Gasteiger partial charge in [-0.05, 0) is 51.5 Å². The molecular formula is C17H25NO5S. The number of anilines is 1. The van der Waals surface area contributed by atoms with Gasteiger partial charge < -0.3 is 10.1 Å². The van der Waals surface area contributed by atoms with E-state index in [0.717, 1.165) is 5.75 Å². The lowest BCUT2D eigenvalue weighted by atomic mass is 9.91. The van der Waals surface area contributed by atoms with Gasteiger partial charge in [-0.3, -0.25) is 4.55 Å². The summed E-state index contributed by atoms with van der Waals surface area (Å²) < 4.78 is 36.5. The Hall–Kier alpha value is -1.83. The van der Waals surface area contributed by atoms with Crippen molar-refractivity contribution in [2.24, 2.45) is 0 Å². The SMILES string of the molecule is C=CCOS(=O)(=O)O.CCOc1ccc2c(c1)C(C)=CC(C)(C)N2. The Balaban J connectivity index is 0.000000307. The lowest BCUT2D eigenvalue weighted by Gasteiger charge is -2.31. The molecule has 0 aliphatic carbocycles. The Morgan fingerprint density at radius 2 is 2.04 bits per heavy atom. The molecule has 0 atom stereocenters. The minimum atomic E-state index is -4.26. The minimum Gasteiger partial charge on any atom is -0.494 e. The molecule has 0 aromatic heterocycles. The minimum absolute atomic E-state index is 0.0320. The molecule has 134 valence electrons. The third-order valence-corrected chi connectivity index (χ3v) is 3.53. The van der Waals surface area contributed by atoms with Crippen LogP contribution in [0.25, 0.3) is 5.57 Å². The van der Waals surface area contributed by atoms with Crippen LogP contribution in [0, 0.1) is 0 Å². The van der Waals surface area contributed by atoms with E-state index in [9.17, 15) is 8.42 Å². The van der Waals surface area contributed by atoms with Crippen LogP contribution in [0.1, 0.15) is 33.3 Å². The first-order valence-corrected chi connectivity index (χ1v) is 8.92. The molecule has 24 heavy (non-hydrogen) atoms. The zero-order chi connectivity index (χ0) is 18.4. The van der Waals surface area contributed by atoms with Crippen LogP contribution in [-0.2, 0) is 14.6 Å². The predicted molar refractivity (Wildman–Crippen MR) is 96.7 cm³/mol. The summed E-state index contributed by atoms with van der Waals surface area (Å²) in [6.07, 6.45) is 3.47. The molecule has 1 aliphatic heterocycles. The topological polar surface area (TPSA) is 84.9 Å². The number of rotatable bonds is 5. The smallest absolute Gasteiger partial charge is 0.397 e. The number of nitrogens with one attached hydrogen (secondary N) is 1. The van der Waals surface area contributed by atoms with Crippen LogP contribution in [-0.4, -0.2) is 31.7 Å². The molecule has 0 fully saturated rings. The zero-order valence-corrected chi connectivity index (χ0v) is 15.3. The molecule has 2 N–H and O–H groups in total. The maximum atomic E-state index is 9.68. The second-order valence-corrected chi connectivity index (χ2v) is 6.91. The van der Waals surface area contributed by atoms with Crippen molar-refractivity contribution in [2.75, 3.05) is 18.5 Å². The van der Waals surface area contributed by atoms with E-state index in [4.69, 9.17) is 9.29 Å². The molecule has 0 saturated heterocycles. The summed E-state index contributed by atoms with van der Waals surface area (Å²) in [4.78, 5) is 0. The van der Waals surface area contributed by atoms with E-state index in [1.165, 1.54) is 22.9 Å². The van der Waals surface area contributed by atoms with Crippen molar-refractivity contribution >= 4 is 21.7 Å². The Kier molecular flexibility index (Phi) is 7.01. The van der Waals surface area contributed by atoms with Crippen LogP contribution < -0.4 is 10.1 Å². The average molecular weight is 355 g/mol. The third-order valence-electron chi connectivity index (χ3n) is 3.10. The second kappa shape index (κ2) is 8.32. The van der Waals surface area contributed by atoms with Gasteiger partial charge in [0.2, 0.25) is 0 Å². The Labute approximate surface area is 144 Å². The summed E-state index contributed by atoms with van der Waals surface area (Å²) in [5.41, 5.74) is 3.77. The van der Waals surface area contributed by atoms with Gasteiger partial charge in [0.25, 0.3) is 0 Å². The summed E-state index contributed by atoms with van der Waals surface area (Å²) in [6.45, 7) is 12.2. The Morgan fingerprint density at radius 1 is 1.38 bits per heavy atom. The van der Waals surface area contributed by atoms with Crippen LogP contribution in [0.5, 0.6) is 5.75 Å².